The van der Waals surface area contributed by atoms with Crippen LogP contribution in [-0.2, 0) is 28.5 Å². The van der Waals surface area contributed by atoms with E-state index in [1.165, 1.54) is 0 Å². The van der Waals surface area contributed by atoms with Crippen molar-refractivity contribution in [2.75, 3.05) is 6.54 Å². The molecule has 0 radical (unpaired) electrons. The largest absolute Gasteiger partial charge is 0.416 e. The Labute approximate surface area is 160 Å². The normalized spacial score (nSPS) is 12.2. The third kappa shape index (κ3) is 5.40. The summed E-state index contributed by atoms with van der Waals surface area (Å²) in [6.45, 7) is 0.408. The molecule has 6 nitrogen and oxygen atoms in total. The average Bonchev–Trinajstić information content (AvgIpc) is 3.10. The van der Waals surface area contributed by atoms with Crippen LogP contribution in [0, 0.1) is 0 Å². The molecule has 0 saturated heterocycles. The molecule has 28 heavy (non-hydrogen) atoms. The van der Waals surface area contributed by atoms with Crippen molar-refractivity contribution < 1.29 is 21.6 Å². The first-order valence-electron chi connectivity index (χ1n) is 8.31. The summed E-state index contributed by atoms with van der Waals surface area (Å²) in [5.41, 5.74) is 0.846. The number of rotatable bonds is 7. The zero-order valence-electron chi connectivity index (χ0n) is 14.6. The zero-order chi connectivity index (χ0) is 20.2. The van der Waals surface area contributed by atoms with Crippen molar-refractivity contribution >= 4 is 10.0 Å². The number of halogens is 3. The fourth-order valence-corrected chi connectivity index (χ4v) is 3.65. The highest BCUT2D eigenvalue weighted by atomic mass is 32.2. The summed E-state index contributed by atoms with van der Waals surface area (Å²) < 4.78 is 65.9. The summed E-state index contributed by atoms with van der Waals surface area (Å²) >= 11 is 0. The van der Waals surface area contributed by atoms with E-state index in [0.717, 1.165) is 24.3 Å². The molecule has 10 heteroatoms. The summed E-state index contributed by atoms with van der Waals surface area (Å²) in [6.07, 6.45) is -1.08. The standard InChI is InChI=1S/C18H17F3N4O2S/c19-18(20,21)15-6-4-14(5-7-15)13-28(26,27)23-10-12-25-11-8-17(24-25)16-3-1-2-9-22-16/h1-9,11,23H,10,12-13H2. The minimum Gasteiger partial charge on any atom is -0.271 e. The summed E-state index contributed by atoms with van der Waals surface area (Å²) in [7, 11) is -3.68. The van der Waals surface area contributed by atoms with Gasteiger partial charge >= 0.3 is 6.18 Å². The second-order valence-electron chi connectivity index (χ2n) is 6.03. The molecular weight excluding hydrogens is 393 g/mol. The van der Waals surface area contributed by atoms with Crippen LogP contribution in [0.1, 0.15) is 11.1 Å². The SMILES string of the molecule is O=S(=O)(Cc1ccc(C(F)(F)F)cc1)NCCn1ccc(-c2ccccn2)n1. The van der Waals surface area contributed by atoms with Crippen LogP contribution >= 0.6 is 0 Å². The van der Waals surface area contributed by atoms with Crippen LogP contribution in [0.4, 0.5) is 13.2 Å². The molecular formula is C18H17F3N4O2S. The molecule has 148 valence electrons. The van der Waals surface area contributed by atoms with Gasteiger partial charge in [0.05, 0.1) is 23.6 Å². The maximum absolute atomic E-state index is 12.6. The highest BCUT2D eigenvalue weighted by Gasteiger charge is 2.30. The molecule has 0 amide bonds. The summed E-state index contributed by atoms with van der Waals surface area (Å²) in [4.78, 5) is 4.19. The van der Waals surface area contributed by atoms with E-state index in [1.807, 2.05) is 12.1 Å². The van der Waals surface area contributed by atoms with Gasteiger partial charge in [0.1, 0.15) is 5.69 Å². The Morgan fingerprint density at radius 3 is 2.39 bits per heavy atom. The van der Waals surface area contributed by atoms with Crippen molar-refractivity contribution in [1.82, 2.24) is 19.5 Å². The predicted molar refractivity (Wildman–Crippen MR) is 97.5 cm³/mol. The Kier molecular flexibility index (Phi) is 5.80. The number of nitrogens with one attached hydrogen (secondary N) is 1. The maximum atomic E-state index is 12.6. The molecule has 0 atom stereocenters. The lowest BCUT2D eigenvalue weighted by Gasteiger charge is -2.09. The molecule has 0 spiro atoms. The van der Waals surface area contributed by atoms with E-state index < -0.39 is 27.5 Å². The number of aromatic nitrogens is 3. The zero-order valence-corrected chi connectivity index (χ0v) is 15.4. The van der Waals surface area contributed by atoms with E-state index in [-0.39, 0.29) is 12.1 Å². The highest BCUT2D eigenvalue weighted by Crippen LogP contribution is 2.29. The van der Waals surface area contributed by atoms with E-state index in [2.05, 4.69) is 14.8 Å². The lowest BCUT2D eigenvalue weighted by Crippen LogP contribution is -2.28. The fraction of sp³-hybridized carbons (Fsp3) is 0.222. The molecule has 3 aromatic rings. The molecule has 0 aliphatic carbocycles. The number of hydrogen-bond acceptors (Lipinski definition) is 4. The van der Waals surface area contributed by atoms with Crippen molar-refractivity contribution in [3.05, 3.63) is 72.1 Å². The van der Waals surface area contributed by atoms with Gasteiger partial charge in [0.25, 0.3) is 0 Å². The van der Waals surface area contributed by atoms with Crippen LogP contribution in [0.2, 0.25) is 0 Å². The van der Waals surface area contributed by atoms with E-state index in [9.17, 15) is 21.6 Å². The van der Waals surface area contributed by atoms with Gasteiger partial charge < -0.3 is 0 Å². The van der Waals surface area contributed by atoms with Crippen molar-refractivity contribution in [2.45, 2.75) is 18.5 Å². The topological polar surface area (TPSA) is 76.9 Å². The Balaban J connectivity index is 1.53. The highest BCUT2D eigenvalue weighted by molar-refractivity contribution is 7.88. The Morgan fingerprint density at radius 2 is 1.75 bits per heavy atom. The molecule has 0 saturated carbocycles. The first-order chi connectivity index (χ1) is 13.2. The molecule has 0 bridgehead atoms. The van der Waals surface area contributed by atoms with Crippen LogP contribution in [0.15, 0.2) is 60.9 Å². The van der Waals surface area contributed by atoms with Gasteiger partial charge in [0.2, 0.25) is 10.0 Å². The second kappa shape index (κ2) is 8.11. The predicted octanol–water partition coefficient (Wildman–Crippen LogP) is 3.08. The van der Waals surface area contributed by atoms with Gasteiger partial charge in [-0.25, -0.2) is 13.1 Å². The van der Waals surface area contributed by atoms with Crippen LogP contribution in [-0.4, -0.2) is 29.7 Å². The lowest BCUT2D eigenvalue weighted by atomic mass is 10.1. The lowest BCUT2D eigenvalue weighted by molar-refractivity contribution is -0.137. The van der Waals surface area contributed by atoms with Crippen LogP contribution < -0.4 is 4.72 Å². The van der Waals surface area contributed by atoms with Gasteiger partial charge in [-0.15, -0.1) is 0 Å². The monoisotopic (exact) mass is 410 g/mol. The van der Waals surface area contributed by atoms with Crippen LogP contribution in [0.25, 0.3) is 11.4 Å². The van der Waals surface area contributed by atoms with E-state index in [0.29, 0.717) is 17.9 Å². The summed E-state index contributed by atoms with van der Waals surface area (Å²) in [5, 5.41) is 4.33. The second-order valence-corrected chi connectivity index (χ2v) is 7.83. The minimum absolute atomic E-state index is 0.103. The van der Waals surface area contributed by atoms with Gasteiger partial charge in [-0.05, 0) is 35.9 Å². The molecule has 0 unspecified atom stereocenters. The first kappa shape index (κ1) is 20.0. The van der Waals surface area contributed by atoms with E-state index in [1.54, 1.807) is 29.2 Å². The number of benzene rings is 1. The molecule has 1 aromatic carbocycles. The quantitative estimate of drug-likeness (QED) is 0.650. The molecule has 0 aliphatic rings. The Morgan fingerprint density at radius 1 is 1.00 bits per heavy atom. The van der Waals surface area contributed by atoms with Gasteiger partial charge in [0, 0.05) is 18.9 Å². The number of hydrogen-bond donors (Lipinski definition) is 1. The smallest absolute Gasteiger partial charge is 0.271 e. The van der Waals surface area contributed by atoms with Crippen molar-refractivity contribution in [2.24, 2.45) is 0 Å². The van der Waals surface area contributed by atoms with Crippen molar-refractivity contribution in [3.63, 3.8) is 0 Å². The maximum Gasteiger partial charge on any atom is 0.416 e. The molecule has 3 rings (SSSR count). The number of sulfonamides is 1. The number of alkyl halides is 3. The third-order valence-electron chi connectivity index (χ3n) is 3.87. The van der Waals surface area contributed by atoms with Gasteiger partial charge in [-0.1, -0.05) is 18.2 Å². The van der Waals surface area contributed by atoms with Gasteiger partial charge in [0.15, 0.2) is 0 Å². The number of pyridine rings is 1. The number of nitrogens with zero attached hydrogens (tertiary/aromatic N) is 3. The Hall–Kier alpha value is -2.72. The van der Waals surface area contributed by atoms with Crippen molar-refractivity contribution in [1.29, 1.82) is 0 Å². The van der Waals surface area contributed by atoms with Crippen LogP contribution in [0.3, 0.4) is 0 Å². The van der Waals surface area contributed by atoms with Gasteiger partial charge in [-0.3, -0.25) is 9.67 Å². The summed E-state index contributed by atoms with van der Waals surface area (Å²) in [6, 6.07) is 11.3. The minimum atomic E-state index is -4.45. The molecule has 2 aromatic heterocycles. The van der Waals surface area contributed by atoms with Crippen molar-refractivity contribution in [3.8, 4) is 11.4 Å². The van der Waals surface area contributed by atoms with Crippen LogP contribution in [0.5, 0.6) is 0 Å². The summed E-state index contributed by atoms with van der Waals surface area (Å²) in [5.74, 6) is -0.399. The molecule has 1 N–H and O–H groups in total. The molecule has 0 aliphatic heterocycles. The van der Waals surface area contributed by atoms with Gasteiger partial charge in [-0.2, -0.15) is 18.3 Å². The van der Waals surface area contributed by atoms with E-state index in [4.69, 9.17) is 0 Å². The van der Waals surface area contributed by atoms with E-state index >= 15 is 0 Å². The molecule has 0 fully saturated rings. The average molecular weight is 410 g/mol. The fourth-order valence-electron chi connectivity index (χ4n) is 2.51. The third-order valence-corrected chi connectivity index (χ3v) is 5.23. The Bertz CT molecular complexity index is 1020. The molecule has 2 heterocycles. The first-order valence-corrected chi connectivity index (χ1v) is 9.96.